The normalized spacial score (nSPS) is 18.1. The standard InChI is InChI=1S/C29H29N7O/c1-2-7-19(8-3-1)22-14-15-30-24-13-12-21(17-23(22)24)33-29-34-27(32-20-9-6-10-20)26-28(35-29)36(18-31-26)25-11-4-5-16-37-25/h1-3,7-8,12-15,17-18,20,25H,4-6,9-11,16H2,(H2,32,33,34,35). The minimum Gasteiger partial charge on any atom is -0.365 e. The van der Waals surface area contributed by atoms with Crippen molar-refractivity contribution in [2.24, 2.45) is 0 Å². The van der Waals surface area contributed by atoms with Crippen LogP contribution in [-0.2, 0) is 4.74 Å². The monoisotopic (exact) mass is 491 g/mol. The SMILES string of the molecule is c1ccc(-c2ccnc3ccc(Nc4nc(NC5CCC5)c5ncn(C6CCCCO6)c5n4)cc23)cc1. The Kier molecular flexibility index (Phi) is 5.66. The molecule has 0 bridgehead atoms. The predicted octanol–water partition coefficient (Wildman–Crippen LogP) is 6.45. The van der Waals surface area contributed by atoms with Gasteiger partial charge < -0.3 is 15.4 Å². The molecule has 37 heavy (non-hydrogen) atoms. The third-order valence-corrected chi connectivity index (χ3v) is 7.42. The summed E-state index contributed by atoms with van der Waals surface area (Å²) in [6.07, 6.45) is 10.4. The van der Waals surface area contributed by atoms with E-state index < -0.39 is 0 Å². The van der Waals surface area contributed by atoms with Gasteiger partial charge in [-0.25, -0.2) is 4.98 Å². The van der Waals surface area contributed by atoms with E-state index in [1.165, 1.54) is 6.42 Å². The van der Waals surface area contributed by atoms with Gasteiger partial charge in [-0.05, 0) is 73.9 Å². The van der Waals surface area contributed by atoms with E-state index in [0.29, 0.717) is 12.0 Å². The Hall–Kier alpha value is -4.04. The number of ether oxygens (including phenoxy) is 1. The Labute approximate surface area is 215 Å². The van der Waals surface area contributed by atoms with Crippen molar-refractivity contribution in [1.29, 1.82) is 0 Å². The summed E-state index contributed by atoms with van der Waals surface area (Å²) in [4.78, 5) is 19.1. The van der Waals surface area contributed by atoms with Gasteiger partial charge in [0.2, 0.25) is 5.95 Å². The van der Waals surface area contributed by atoms with E-state index in [9.17, 15) is 0 Å². The topological polar surface area (TPSA) is 89.8 Å². The van der Waals surface area contributed by atoms with Crippen molar-refractivity contribution in [1.82, 2.24) is 24.5 Å². The maximum atomic E-state index is 6.06. The summed E-state index contributed by atoms with van der Waals surface area (Å²) in [5.41, 5.74) is 5.74. The number of nitrogens with zero attached hydrogens (tertiary/aromatic N) is 5. The average molecular weight is 492 g/mol. The number of hydrogen-bond acceptors (Lipinski definition) is 7. The molecule has 0 amide bonds. The molecule has 186 valence electrons. The minimum atomic E-state index is -0.0433. The maximum Gasteiger partial charge on any atom is 0.231 e. The van der Waals surface area contributed by atoms with Crippen LogP contribution in [0.3, 0.4) is 0 Å². The largest absolute Gasteiger partial charge is 0.365 e. The van der Waals surface area contributed by atoms with Crippen molar-refractivity contribution in [3.63, 3.8) is 0 Å². The molecule has 5 aromatic rings. The zero-order chi connectivity index (χ0) is 24.6. The van der Waals surface area contributed by atoms with Gasteiger partial charge in [0, 0.05) is 29.9 Å². The van der Waals surface area contributed by atoms with E-state index in [4.69, 9.17) is 19.7 Å². The molecule has 1 unspecified atom stereocenters. The maximum absolute atomic E-state index is 6.06. The van der Waals surface area contributed by atoms with Crippen LogP contribution in [0.1, 0.15) is 44.8 Å². The molecular formula is C29H29N7O. The summed E-state index contributed by atoms with van der Waals surface area (Å²) in [7, 11) is 0. The van der Waals surface area contributed by atoms with Crippen LogP contribution >= 0.6 is 0 Å². The Morgan fingerprint density at radius 2 is 1.81 bits per heavy atom. The highest BCUT2D eigenvalue weighted by atomic mass is 16.5. The molecule has 2 fully saturated rings. The zero-order valence-corrected chi connectivity index (χ0v) is 20.6. The molecule has 2 N–H and O–H groups in total. The fourth-order valence-electron chi connectivity index (χ4n) is 5.20. The first kappa shape index (κ1) is 22.2. The van der Waals surface area contributed by atoms with Crippen LogP contribution in [0, 0.1) is 0 Å². The van der Waals surface area contributed by atoms with E-state index in [2.05, 4.69) is 56.6 Å². The van der Waals surface area contributed by atoms with Crippen LogP contribution in [0.2, 0.25) is 0 Å². The van der Waals surface area contributed by atoms with Crippen molar-refractivity contribution in [2.75, 3.05) is 17.2 Å². The smallest absolute Gasteiger partial charge is 0.231 e. The van der Waals surface area contributed by atoms with Gasteiger partial charge in [0.05, 0.1) is 11.8 Å². The van der Waals surface area contributed by atoms with Crippen LogP contribution in [-0.4, -0.2) is 37.2 Å². The van der Waals surface area contributed by atoms with E-state index in [0.717, 1.165) is 83.4 Å². The Balaban J connectivity index is 1.29. The number of anilines is 3. The third-order valence-electron chi connectivity index (χ3n) is 7.42. The fraction of sp³-hybridized carbons (Fsp3) is 0.310. The quantitative estimate of drug-likeness (QED) is 0.282. The highest BCUT2D eigenvalue weighted by Gasteiger charge is 2.24. The average Bonchev–Trinajstić information content (AvgIpc) is 3.35. The Bertz CT molecular complexity index is 1560. The molecule has 0 radical (unpaired) electrons. The second kappa shape index (κ2) is 9.44. The fourth-order valence-corrected chi connectivity index (χ4v) is 5.20. The molecule has 4 heterocycles. The molecule has 1 aliphatic carbocycles. The van der Waals surface area contributed by atoms with Gasteiger partial charge in [0.25, 0.3) is 0 Å². The lowest BCUT2D eigenvalue weighted by Gasteiger charge is -2.27. The van der Waals surface area contributed by atoms with E-state index in [1.807, 2.05) is 30.7 Å². The molecule has 1 aliphatic heterocycles. The number of hydrogen-bond donors (Lipinski definition) is 2. The van der Waals surface area contributed by atoms with Gasteiger partial charge in [-0.15, -0.1) is 0 Å². The van der Waals surface area contributed by atoms with Crippen molar-refractivity contribution in [3.8, 4) is 11.1 Å². The molecular weight excluding hydrogens is 462 g/mol. The summed E-state index contributed by atoms with van der Waals surface area (Å²) in [5, 5.41) is 8.15. The van der Waals surface area contributed by atoms with Crippen LogP contribution in [0.5, 0.6) is 0 Å². The molecule has 7 rings (SSSR count). The van der Waals surface area contributed by atoms with E-state index in [1.54, 1.807) is 0 Å². The lowest BCUT2D eigenvalue weighted by atomic mass is 9.93. The molecule has 3 aromatic heterocycles. The Morgan fingerprint density at radius 3 is 2.62 bits per heavy atom. The van der Waals surface area contributed by atoms with Gasteiger partial charge >= 0.3 is 0 Å². The second-order valence-electron chi connectivity index (χ2n) is 9.89. The first-order valence-corrected chi connectivity index (χ1v) is 13.2. The van der Waals surface area contributed by atoms with Gasteiger partial charge in [-0.1, -0.05) is 30.3 Å². The number of pyridine rings is 1. The van der Waals surface area contributed by atoms with Crippen molar-refractivity contribution in [2.45, 2.75) is 50.8 Å². The number of benzene rings is 2. The predicted molar refractivity (Wildman–Crippen MR) is 146 cm³/mol. The summed E-state index contributed by atoms with van der Waals surface area (Å²) < 4.78 is 8.12. The Morgan fingerprint density at radius 1 is 0.892 bits per heavy atom. The summed E-state index contributed by atoms with van der Waals surface area (Å²) in [6, 6.07) is 19.1. The van der Waals surface area contributed by atoms with Crippen LogP contribution in [0.4, 0.5) is 17.5 Å². The van der Waals surface area contributed by atoms with E-state index >= 15 is 0 Å². The first-order chi connectivity index (χ1) is 18.3. The molecule has 0 spiro atoms. The highest BCUT2D eigenvalue weighted by molar-refractivity contribution is 5.96. The third kappa shape index (κ3) is 4.27. The molecule has 1 atom stereocenters. The van der Waals surface area contributed by atoms with Crippen molar-refractivity contribution < 1.29 is 4.74 Å². The molecule has 2 aliphatic rings. The lowest BCUT2D eigenvalue weighted by Crippen LogP contribution is -2.27. The van der Waals surface area contributed by atoms with Gasteiger partial charge in [-0.3, -0.25) is 9.55 Å². The molecule has 8 heteroatoms. The summed E-state index contributed by atoms with van der Waals surface area (Å²) in [5.74, 6) is 1.32. The zero-order valence-electron chi connectivity index (χ0n) is 20.6. The summed E-state index contributed by atoms with van der Waals surface area (Å²) >= 11 is 0. The van der Waals surface area contributed by atoms with Crippen molar-refractivity contribution >= 4 is 39.5 Å². The number of rotatable bonds is 6. The minimum absolute atomic E-state index is 0.0433. The van der Waals surface area contributed by atoms with Crippen LogP contribution in [0.15, 0.2) is 67.1 Å². The molecule has 8 nitrogen and oxygen atoms in total. The van der Waals surface area contributed by atoms with Gasteiger partial charge in [0.1, 0.15) is 6.23 Å². The van der Waals surface area contributed by atoms with Gasteiger partial charge in [-0.2, -0.15) is 9.97 Å². The van der Waals surface area contributed by atoms with Crippen LogP contribution in [0.25, 0.3) is 33.2 Å². The second-order valence-corrected chi connectivity index (χ2v) is 9.89. The number of nitrogens with one attached hydrogen (secondary N) is 2. The first-order valence-electron chi connectivity index (χ1n) is 13.2. The molecule has 1 saturated carbocycles. The molecule has 1 saturated heterocycles. The van der Waals surface area contributed by atoms with Crippen molar-refractivity contribution in [3.05, 3.63) is 67.1 Å². The van der Waals surface area contributed by atoms with E-state index in [-0.39, 0.29) is 6.23 Å². The number of aromatic nitrogens is 5. The van der Waals surface area contributed by atoms with Gasteiger partial charge in [0.15, 0.2) is 17.0 Å². The molecule has 2 aromatic carbocycles. The number of fused-ring (bicyclic) bond motifs is 2. The lowest BCUT2D eigenvalue weighted by molar-refractivity contribution is -0.0298. The number of imidazole rings is 1. The van der Waals surface area contributed by atoms with Crippen LogP contribution < -0.4 is 10.6 Å². The highest BCUT2D eigenvalue weighted by Crippen LogP contribution is 2.33. The summed E-state index contributed by atoms with van der Waals surface area (Å²) in [6.45, 7) is 0.766.